The minimum Gasteiger partial charge on any atom is -0.316 e. The van der Waals surface area contributed by atoms with Gasteiger partial charge in [-0.3, -0.25) is 4.57 Å². The van der Waals surface area contributed by atoms with E-state index in [0.29, 0.717) is 12.6 Å². The van der Waals surface area contributed by atoms with E-state index in [2.05, 4.69) is 51.1 Å². The van der Waals surface area contributed by atoms with Gasteiger partial charge in [-0.1, -0.05) is 27.2 Å². The molecule has 0 aromatic carbocycles. The smallest absolute Gasteiger partial charge is 0.277 e. The molecule has 4 nitrogen and oxygen atoms in total. The Morgan fingerprint density at radius 1 is 0.917 bits per heavy atom. The molecule has 0 radical (unpaired) electrons. The molecule has 1 atom stereocenters. The van der Waals surface area contributed by atoms with Crippen molar-refractivity contribution in [3.63, 3.8) is 0 Å². The van der Waals surface area contributed by atoms with Crippen LogP contribution in [-0.4, -0.2) is 53.6 Å². The Balaban J connectivity index is 2.00. The normalized spacial score (nSPS) is 25.6. The Morgan fingerprint density at radius 2 is 1.46 bits per heavy atom. The van der Waals surface area contributed by atoms with Gasteiger partial charge in [0.1, 0.15) is 0 Å². The average molecular weight is 359 g/mol. The van der Waals surface area contributed by atoms with Gasteiger partial charge in [0.15, 0.2) is 0 Å². The summed E-state index contributed by atoms with van der Waals surface area (Å²) in [4.78, 5) is 2.67. The molecule has 24 heavy (non-hydrogen) atoms. The Hall–Kier alpha value is 0.110. The minimum atomic E-state index is -2.83. The van der Waals surface area contributed by atoms with E-state index in [9.17, 15) is 4.57 Å². The van der Waals surface area contributed by atoms with Gasteiger partial charge in [-0.05, 0) is 65.0 Å². The maximum absolute atomic E-state index is 13.8. The molecular weight excluding hydrogens is 319 g/mol. The Morgan fingerprint density at radius 3 is 1.92 bits per heavy atom. The number of rotatable bonds is 4. The van der Waals surface area contributed by atoms with Crippen molar-refractivity contribution in [3.8, 4) is 0 Å². The molecule has 0 aromatic heterocycles. The van der Waals surface area contributed by atoms with Gasteiger partial charge in [0.2, 0.25) is 0 Å². The maximum Gasteiger partial charge on any atom is 0.277 e. The number of hydrogen-bond acceptors (Lipinski definition) is 3. The topological polar surface area (TPSA) is 32.8 Å². The van der Waals surface area contributed by atoms with Gasteiger partial charge < -0.3 is 9.42 Å². The van der Waals surface area contributed by atoms with Crippen LogP contribution in [0.1, 0.15) is 73.6 Å². The fraction of sp³-hybridized carbons (Fsp3) is 1.00. The molecular formula is C19H39N2O2P. The van der Waals surface area contributed by atoms with Crippen molar-refractivity contribution in [1.82, 2.24) is 9.57 Å². The number of hydrogen-bond donors (Lipinski definition) is 0. The fourth-order valence-electron chi connectivity index (χ4n) is 3.74. The fourth-order valence-corrected chi connectivity index (χ4v) is 6.46. The van der Waals surface area contributed by atoms with E-state index in [1.807, 2.05) is 0 Å². The lowest BCUT2D eigenvalue weighted by molar-refractivity contribution is 0.104. The highest BCUT2D eigenvalue weighted by Gasteiger charge is 2.45. The van der Waals surface area contributed by atoms with Crippen LogP contribution in [-0.2, 0) is 9.09 Å². The van der Waals surface area contributed by atoms with Gasteiger partial charge >= 0.3 is 0 Å². The lowest BCUT2D eigenvalue weighted by Crippen LogP contribution is -2.47. The number of piperidine rings is 2. The lowest BCUT2D eigenvalue weighted by atomic mass is 9.99. The monoisotopic (exact) mass is 358 g/mol. The molecule has 2 saturated heterocycles. The molecule has 2 aliphatic heterocycles. The molecule has 0 amide bonds. The summed E-state index contributed by atoms with van der Waals surface area (Å²) < 4.78 is 22.1. The molecule has 0 saturated carbocycles. The van der Waals surface area contributed by atoms with Gasteiger partial charge in [0.05, 0.1) is 11.8 Å². The van der Waals surface area contributed by atoms with Crippen LogP contribution in [0.2, 0.25) is 0 Å². The van der Waals surface area contributed by atoms with Crippen molar-refractivity contribution in [1.29, 1.82) is 0 Å². The van der Waals surface area contributed by atoms with Crippen LogP contribution in [0.3, 0.4) is 0 Å². The molecule has 0 aromatic rings. The summed E-state index contributed by atoms with van der Waals surface area (Å²) in [6.07, 6.45) is 6.32. The number of likely N-dealkylation sites (tertiary alicyclic amines) is 1. The van der Waals surface area contributed by atoms with Gasteiger partial charge in [-0.2, -0.15) is 0 Å². The molecule has 0 aliphatic carbocycles. The van der Waals surface area contributed by atoms with Crippen LogP contribution in [0.25, 0.3) is 0 Å². The van der Waals surface area contributed by atoms with Crippen LogP contribution in [0.4, 0.5) is 0 Å². The van der Waals surface area contributed by atoms with Crippen LogP contribution < -0.4 is 0 Å². The Bertz CT molecular complexity index is 439. The lowest BCUT2D eigenvalue weighted by Gasteiger charge is -2.45. The molecule has 2 heterocycles. The van der Waals surface area contributed by atoms with Crippen molar-refractivity contribution in [2.24, 2.45) is 5.41 Å². The van der Waals surface area contributed by atoms with E-state index in [0.717, 1.165) is 25.9 Å². The summed E-state index contributed by atoms with van der Waals surface area (Å²) in [6, 6.07) is 0.678. The number of nitrogens with zero attached hydrogens (tertiary/aromatic N) is 2. The molecule has 0 N–H and O–H groups in total. The highest BCUT2D eigenvalue weighted by molar-refractivity contribution is 7.58. The molecule has 5 heteroatoms. The van der Waals surface area contributed by atoms with Gasteiger partial charge in [-0.25, -0.2) is 4.67 Å². The Kier molecular flexibility index (Phi) is 6.62. The molecule has 2 aliphatic rings. The van der Waals surface area contributed by atoms with Crippen LogP contribution in [0, 0.1) is 5.41 Å². The Labute approximate surface area is 149 Å². The summed E-state index contributed by atoms with van der Waals surface area (Å²) in [6.45, 7) is 17.5. The summed E-state index contributed by atoms with van der Waals surface area (Å²) in [5.74, 6) is 0. The third kappa shape index (κ3) is 5.06. The second-order valence-corrected chi connectivity index (χ2v) is 13.0. The third-order valence-electron chi connectivity index (χ3n) is 5.24. The van der Waals surface area contributed by atoms with E-state index in [1.54, 1.807) is 0 Å². The summed E-state index contributed by atoms with van der Waals surface area (Å²) in [7, 11) is -2.83. The van der Waals surface area contributed by atoms with E-state index in [-0.39, 0.29) is 10.6 Å². The predicted molar refractivity (Wildman–Crippen MR) is 103 cm³/mol. The SMILES string of the molecule is CC(C)(C)COP(=O)(N1CCC(N2CCCCC2)CC1)C(C)(C)C. The van der Waals surface area contributed by atoms with Crippen LogP contribution in [0.5, 0.6) is 0 Å². The second-order valence-electron chi connectivity index (χ2n) is 9.81. The largest absolute Gasteiger partial charge is 0.316 e. The summed E-state index contributed by atoms with van der Waals surface area (Å²) in [5, 5.41) is -0.337. The quantitative estimate of drug-likeness (QED) is 0.663. The van der Waals surface area contributed by atoms with Crippen molar-refractivity contribution in [3.05, 3.63) is 0 Å². The first-order chi connectivity index (χ1) is 11.0. The summed E-state index contributed by atoms with van der Waals surface area (Å²) >= 11 is 0. The highest BCUT2D eigenvalue weighted by Crippen LogP contribution is 2.62. The van der Waals surface area contributed by atoms with Crippen molar-refractivity contribution < 1.29 is 9.09 Å². The summed E-state index contributed by atoms with van der Waals surface area (Å²) in [5.41, 5.74) is 0.0348. The van der Waals surface area contributed by atoms with Gasteiger partial charge in [-0.15, -0.1) is 0 Å². The first kappa shape index (κ1) is 20.4. The zero-order chi connectivity index (χ0) is 18.0. The third-order valence-corrected chi connectivity index (χ3v) is 8.56. The molecule has 1 unspecified atom stereocenters. The molecule has 142 valence electrons. The molecule has 2 fully saturated rings. The molecule has 2 rings (SSSR count). The highest BCUT2D eigenvalue weighted by atomic mass is 31.2. The van der Waals surface area contributed by atoms with E-state index in [4.69, 9.17) is 4.52 Å². The second kappa shape index (κ2) is 7.78. The zero-order valence-electron chi connectivity index (χ0n) is 16.8. The van der Waals surface area contributed by atoms with Crippen LogP contribution in [0.15, 0.2) is 0 Å². The van der Waals surface area contributed by atoms with Crippen molar-refractivity contribution in [2.45, 2.75) is 84.8 Å². The van der Waals surface area contributed by atoms with Crippen molar-refractivity contribution >= 4 is 7.52 Å². The van der Waals surface area contributed by atoms with Crippen LogP contribution >= 0.6 is 7.52 Å². The van der Waals surface area contributed by atoms with Gasteiger partial charge in [0, 0.05) is 19.1 Å². The molecule has 0 bridgehead atoms. The minimum absolute atomic E-state index is 0.0348. The zero-order valence-corrected chi connectivity index (χ0v) is 17.7. The van der Waals surface area contributed by atoms with Gasteiger partial charge in [0.25, 0.3) is 7.52 Å². The van der Waals surface area contributed by atoms with E-state index in [1.165, 1.54) is 32.4 Å². The van der Waals surface area contributed by atoms with Crippen molar-refractivity contribution in [2.75, 3.05) is 32.8 Å². The first-order valence-electron chi connectivity index (χ1n) is 9.77. The standard InChI is InChI=1S/C19H39N2O2P/c1-18(2,3)16-23-24(22,19(4,5)6)21-14-10-17(11-15-21)20-12-8-7-9-13-20/h17H,7-16H2,1-6H3. The van der Waals surface area contributed by atoms with E-state index < -0.39 is 7.52 Å². The molecule has 0 spiro atoms. The average Bonchev–Trinajstić information content (AvgIpc) is 2.52. The first-order valence-corrected chi connectivity index (χ1v) is 11.3. The predicted octanol–water partition coefficient (Wildman–Crippen LogP) is 4.99. The van der Waals surface area contributed by atoms with E-state index >= 15 is 0 Å². The maximum atomic E-state index is 13.8.